The fourth-order valence-electron chi connectivity index (χ4n) is 4.86. The summed E-state index contributed by atoms with van der Waals surface area (Å²) in [5, 5.41) is 6.92. The second kappa shape index (κ2) is 10.2. The molecule has 0 spiro atoms. The predicted octanol–water partition coefficient (Wildman–Crippen LogP) is 5.20. The van der Waals surface area contributed by atoms with E-state index in [0.29, 0.717) is 37.7 Å². The van der Waals surface area contributed by atoms with Crippen LogP contribution in [0.4, 0.5) is 11.5 Å². The van der Waals surface area contributed by atoms with Gasteiger partial charge in [-0.05, 0) is 42.8 Å². The van der Waals surface area contributed by atoms with Crippen LogP contribution in [0.25, 0.3) is 21.5 Å². The van der Waals surface area contributed by atoms with Gasteiger partial charge in [0.15, 0.2) is 0 Å². The van der Waals surface area contributed by atoms with Crippen molar-refractivity contribution in [2.24, 2.45) is 0 Å². The average molecular weight is 503 g/mol. The maximum atomic E-state index is 13.5. The Morgan fingerprint density at radius 2 is 1.64 bits per heavy atom. The molecule has 5 rings (SSSR count). The van der Waals surface area contributed by atoms with E-state index in [2.05, 4.69) is 15.0 Å². The quantitative estimate of drug-likeness (QED) is 0.362. The number of sulfonamides is 1. The van der Waals surface area contributed by atoms with Crippen LogP contribution < -0.4 is 10.0 Å². The van der Waals surface area contributed by atoms with Crippen LogP contribution in [0.15, 0.2) is 77.8 Å². The lowest BCUT2D eigenvalue weighted by Crippen LogP contribution is -2.46. The van der Waals surface area contributed by atoms with Crippen LogP contribution in [0.3, 0.4) is 0 Å². The van der Waals surface area contributed by atoms with Gasteiger partial charge >= 0.3 is 0 Å². The monoisotopic (exact) mass is 502 g/mol. The van der Waals surface area contributed by atoms with Crippen LogP contribution in [0.1, 0.15) is 32.6 Å². The molecule has 1 amide bonds. The lowest BCUT2D eigenvalue weighted by atomic mass is 10.1. The highest BCUT2D eigenvalue weighted by atomic mass is 32.2. The topological polar surface area (TPSA) is 91.4 Å². The zero-order chi connectivity index (χ0) is 25.1. The summed E-state index contributed by atoms with van der Waals surface area (Å²) in [5.74, 6) is 0.866. The van der Waals surface area contributed by atoms with E-state index in [-0.39, 0.29) is 16.8 Å². The Bertz CT molecular complexity index is 1510. The third kappa shape index (κ3) is 4.92. The number of aromatic nitrogens is 1. The number of carbonyl (C=O) groups excluding carboxylic acids is 1. The van der Waals surface area contributed by atoms with Crippen molar-refractivity contribution >= 4 is 49.0 Å². The van der Waals surface area contributed by atoms with Crippen molar-refractivity contribution in [1.82, 2.24) is 14.6 Å². The number of piperidine rings is 1. The molecule has 0 unspecified atom stereocenters. The van der Waals surface area contributed by atoms with Gasteiger partial charge < -0.3 is 10.2 Å². The van der Waals surface area contributed by atoms with Crippen LogP contribution in [-0.4, -0.2) is 43.3 Å². The third-order valence-electron chi connectivity index (χ3n) is 6.73. The number of anilines is 2. The highest BCUT2D eigenvalue weighted by Crippen LogP contribution is 2.33. The first kappa shape index (κ1) is 24.2. The fourth-order valence-corrected chi connectivity index (χ4v) is 6.38. The number of pyridine rings is 1. The Morgan fingerprint density at radius 1 is 0.944 bits per heavy atom. The summed E-state index contributed by atoms with van der Waals surface area (Å²) in [6.07, 6.45) is 4.34. The average Bonchev–Trinajstić information content (AvgIpc) is 2.89. The molecule has 8 heteroatoms. The van der Waals surface area contributed by atoms with E-state index >= 15 is 0 Å². The third-order valence-corrected chi connectivity index (χ3v) is 8.31. The van der Waals surface area contributed by atoms with Crippen LogP contribution in [0, 0.1) is 0 Å². The number of nitrogens with zero attached hydrogens (tertiary/aromatic N) is 2. The van der Waals surface area contributed by atoms with Crippen molar-refractivity contribution in [1.29, 1.82) is 0 Å². The van der Waals surface area contributed by atoms with Crippen molar-refractivity contribution in [3.05, 3.63) is 72.9 Å². The van der Waals surface area contributed by atoms with E-state index in [9.17, 15) is 13.2 Å². The standard InChI is InChI=1S/C28H30N4O3S/c1-2-7-27(33)32-18-15-21(16-19-32)31-36(34,35)26-13-12-25(23-10-5-6-11-24(23)26)30-28-22-9-4-3-8-20(22)14-17-29-28/h3-6,8-14,17,21,31H,2,7,15-16,18-19H2,1H3,(H,29,30). The minimum Gasteiger partial charge on any atom is -0.343 e. The van der Waals surface area contributed by atoms with Gasteiger partial charge in [-0.25, -0.2) is 18.1 Å². The number of rotatable bonds is 7. The summed E-state index contributed by atoms with van der Waals surface area (Å²) in [4.78, 5) is 18.8. The molecule has 1 aliphatic rings. The SMILES string of the molecule is CCCC(=O)N1CCC(NS(=O)(=O)c2ccc(Nc3nccc4ccccc34)c3ccccc23)CC1. The van der Waals surface area contributed by atoms with E-state index in [4.69, 9.17) is 0 Å². The number of hydrogen-bond acceptors (Lipinski definition) is 5. The summed E-state index contributed by atoms with van der Waals surface area (Å²) in [5.41, 5.74) is 0.788. The molecule has 2 N–H and O–H groups in total. The second-order valence-electron chi connectivity index (χ2n) is 9.19. The molecule has 186 valence electrons. The summed E-state index contributed by atoms with van der Waals surface area (Å²) >= 11 is 0. The van der Waals surface area contributed by atoms with Gasteiger partial charge in [-0.3, -0.25) is 4.79 Å². The number of carbonyl (C=O) groups is 1. The Hall–Kier alpha value is -3.49. The van der Waals surface area contributed by atoms with Crippen molar-refractivity contribution < 1.29 is 13.2 Å². The highest BCUT2D eigenvalue weighted by Gasteiger charge is 2.27. The van der Waals surface area contributed by atoms with Crippen LogP contribution in [0.5, 0.6) is 0 Å². The molecule has 36 heavy (non-hydrogen) atoms. The highest BCUT2D eigenvalue weighted by molar-refractivity contribution is 7.89. The molecule has 1 aromatic heterocycles. The normalized spacial score (nSPS) is 14.9. The summed E-state index contributed by atoms with van der Waals surface area (Å²) in [6.45, 7) is 3.14. The number of nitrogens with one attached hydrogen (secondary N) is 2. The summed E-state index contributed by atoms with van der Waals surface area (Å²) in [7, 11) is -3.76. The smallest absolute Gasteiger partial charge is 0.241 e. The predicted molar refractivity (Wildman–Crippen MR) is 144 cm³/mol. The van der Waals surface area contributed by atoms with Gasteiger partial charge in [-0.2, -0.15) is 0 Å². The van der Waals surface area contributed by atoms with Crippen molar-refractivity contribution in [3.8, 4) is 0 Å². The Kier molecular flexibility index (Phi) is 6.89. The number of fused-ring (bicyclic) bond motifs is 2. The number of benzene rings is 3. The van der Waals surface area contributed by atoms with E-state index < -0.39 is 10.0 Å². The van der Waals surface area contributed by atoms with Crippen LogP contribution >= 0.6 is 0 Å². The van der Waals surface area contributed by atoms with Gasteiger partial charge in [0.05, 0.1) is 4.90 Å². The molecule has 2 heterocycles. The molecule has 0 saturated carbocycles. The maximum Gasteiger partial charge on any atom is 0.241 e. The van der Waals surface area contributed by atoms with Gasteiger partial charge in [-0.1, -0.05) is 55.5 Å². The lowest BCUT2D eigenvalue weighted by Gasteiger charge is -2.32. The van der Waals surface area contributed by atoms with Gasteiger partial charge in [0.1, 0.15) is 5.82 Å². The summed E-state index contributed by atoms with van der Waals surface area (Å²) in [6, 6.07) is 20.7. The Morgan fingerprint density at radius 3 is 2.39 bits per heavy atom. The van der Waals surface area contributed by atoms with E-state index in [0.717, 1.165) is 34.1 Å². The molecule has 3 aromatic carbocycles. The molecule has 1 saturated heterocycles. The first-order valence-electron chi connectivity index (χ1n) is 12.4. The van der Waals surface area contributed by atoms with Gasteiger partial charge in [0, 0.05) is 53.6 Å². The minimum atomic E-state index is -3.76. The number of likely N-dealkylation sites (tertiary alicyclic amines) is 1. The minimum absolute atomic E-state index is 0.147. The molecule has 0 radical (unpaired) electrons. The largest absolute Gasteiger partial charge is 0.343 e. The van der Waals surface area contributed by atoms with E-state index in [1.165, 1.54) is 0 Å². The molecule has 1 aliphatic heterocycles. The number of amides is 1. The zero-order valence-corrected chi connectivity index (χ0v) is 21.1. The van der Waals surface area contributed by atoms with Crippen molar-refractivity contribution in [2.75, 3.05) is 18.4 Å². The fraction of sp³-hybridized carbons (Fsp3) is 0.286. The molecule has 7 nitrogen and oxygen atoms in total. The van der Waals surface area contributed by atoms with Gasteiger partial charge in [-0.15, -0.1) is 0 Å². The molecule has 1 fully saturated rings. The molecule has 0 atom stereocenters. The lowest BCUT2D eigenvalue weighted by molar-refractivity contribution is -0.132. The van der Waals surface area contributed by atoms with Crippen molar-refractivity contribution in [3.63, 3.8) is 0 Å². The Labute approximate surface area is 211 Å². The molecular weight excluding hydrogens is 472 g/mol. The van der Waals surface area contributed by atoms with Gasteiger partial charge in [0.25, 0.3) is 0 Å². The summed E-state index contributed by atoms with van der Waals surface area (Å²) < 4.78 is 29.8. The van der Waals surface area contributed by atoms with E-state index in [1.807, 2.05) is 66.4 Å². The van der Waals surface area contributed by atoms with E-state index in [1.54, 1.807) is 18.3 Å². The first-order chi connectivity index (χ1) is 17.5. The zero-order valence-electron chi connectivity index (χ0n) is 20.3. The first-order valence-corrected chi connectivity index (χ1v) is 13.9. The molecular formula is C28H30N4O3S. The molecule has 4 aromatic rings. The van der Waals surface area contributed by atoms with Crippen LogP contribution in [-0.2, 0) is 14.8 Å². The number of hydrogen-bond donors (Lipinski definition) is 2. The maximum absolute atomic E-state index is 13.5. The Balaban J connectivity index is 1.40. The second-order valence-corrected chi connectivity index (χ2v) is 10.9. The van der Waals surface area contributed by atoms with Crippen molar-refractivity contribution in [2.45, 2.75) is 43.5 Å². The molecule has 0 aliphatic carbocycles. The van der Waals surface area contributed by atoms with Crippen LogP contribution in [0.2, 0.25) is 0 Å². The van der Waals surface area contributed by atoms with Gasteiger partial charge in [0.2, 0.25) is 15.9 Å². The molecule has 0 bridgehead atoms.